The Morgan fingerprint density at radius 2 is 0.712 bits per heavy atom. The predicted octanol–water partition coefficient (Wildman–Crippen LogP) is 15.1. The number of benzene rings is 7. The van der Waals surface area contributed by atoms with Crippen LogP contribution in [0.2, 0.25) is 0 Å². The summed E-state index contributed by atoms with van der Waals surface area (Å²) >= 11 is 0. The van der Waals surface area contributed by atoms with Crippen LogP contribution < -0.4 is 0 Å². The van der Waals surface area contributed by atoms with Crippen LogP contribution in [0.4, 0.5) is 0 Å². The molecule has 0 aliphatic heterocycles. The van der Waals surface area contributed by atoms with Crippen LogP contribution in [0.25, 0.3) is 65.7 Å². The third-order valence-corrected chi connectivity index (χ3v) is 10.8. The maximum atomic E-state index is 14.0. The van der Waals surface area contributed by atoms with Crippen molar-refractivity contribution in [3.05, 3.63) is 119 Å². The van der Waals surface area contributed by atoms with Gasteiger partial charge >= 0.3 is 0 Å². The van der Waals surface area contributed by atoms with E-state index in [-0.39, 0.29) is 33.2 Å². The molecule has 0 saturated heterocycles. The Morgan fingerprint density at radius 3 is 1.06 bits per heavy atom. The highest BCUT2D eigenvalue weighted by atomic mass is 16.3. The lowest BCUT2D eigenvalue weighted by Crippen LogP contribution is -2.17. The third-order valence-electron chi connectivity index (χ3n) is 10.8. The molecule has 7 rings (SSSR count). The van der Waals surface area contributed by atoms with Crippen LogP contribution in [0.1, 0.15) is 105 Å². The molecule has 0 atom stereocenters. The van der Waals surface area contributed by atoms with Gasteiger partial charge in [-0.2, -0.15) is 0 Å². The second-order valence-electron chi connectivity index (χ2n) is 19.0. The van der Waals surface area contributed by atoms with Gasteiger partial charge in [0, 0.05) is 22.3 Å². The number of hydrogen-bond acceptors (Lipinski definition) is 0. The molecule has 2 heteroatoms. The van der Waals surface area contributed by atoms with Gasteiger partial charge in [-0.1, -0.05) is 132 Å². The summed E-state index contributed by atoms with van der Waals surface area (Å²) in [5, 5.41) is 35.2. The summed E-state index contributed by atoms with van der Waals surface area (Å²) in [6.45, 7) is 25.6. The van der Waals surface area contributed by atoms with Crippen molar-refractivity contribution in [3.63, 3.8) is 0 Å². The molecule has 0 spiro atoms. The largest absolute Gasteiger partial charge is 0.289 e. The molecule has 0 aliphatic rings. The maximum Gasteiger partial charge on any atom is 0.186 e. The first kappa shape index (κ1) is 35.6. The molecule has 0 bridgehead atoms. The van der Waals surface area contributed by atoms with Gasteiger partial charge in [-0.3, -0.25) is 10.2 Å². The van der Waals surface area contributed by atoms with Gasteiger partial charge < -0.3 is 0 Å². The van der Waals surface area contributed by atoms with Crippen LogP contribution in [-0.2, 0) is 31.9 Å². The zero-order valence-corrected chi connectivity index (χ0v) is 33.1. The smallest absolute Gasteiger partial charge is 0.186 e. The van der Waals surface area contributed by atoms with E-state index in [9.17, 15) is 10.2 Å². The minimum atomic E-state index is -0.316. The lowest BCUT2D eigenvalue weighted by Gasteiger charge is -2.28. The van der Waals surface area contributed by atoms with E-state index < -0.39 is 0 Å². The van der Waals surface area contributed by atoms with Crippen LogP contribution in [0, 0.1) is 0 Å². The van der Waals surface area contributed by atoms with E-state index in [1.54, 1.807) is 0 Å². The van der Waals surface area contributed by atoms with E-state index in [2.05, 4.69) is 180 Å². The van der Waals surface area contributed by atoms with Crippen molar-refractivity contribution >= 4 is 32.3 Å². The molecular formula is C50H52O2. The van der Waals surface area contributed by atoms with Gasteiger partial charge in [0.25, 0.3) is 0 Å². The van der Waals surface area contributed by atoms with E-state index >= 15 is 0 Å². The van der Waals surface area contributed by atoms with Crippen LogP contribution >= 0.6 is 0 Å². The zero-order chi connectivity index (χ0) is 37.7. The monoisotopic (exact) mass is 684 g/mol. The summed E-state index contributed by atoms with van der Waals surface area (Å²) in [7, 11) is 0. The molecule has 0 amide bonds. The SMILES string of the molecule is CC(C)(C)c1cc(-c2cc3cc(-c4ccccc4)cc4cc(-c5cc(C(C)(C)C)c([O])c(C(C)(C)C)c5)c5cccc2c5c34)cc(C(C)(C)C)c1[O]. The first-order valence-corrected chi connectivity index (χ1v) is 18.7. The van der Waals surface area contributed by atoms with Crippen molar-refractivity contribution in [1.29, 1.82) is 0 Å². The molecule has 0 fully saturated rings. The molecule has 0 aliphatic carbocycles. The highest BCUT2D eigenvalue weighted by Gasteiger charge is 2.31. The summed E-state index contributed by atoms with van der Waals surface area (Å²) in [6, 6.07) is 35.2. The van der Waals surface area contributed by atoms with Crippen molar-refractivity contribution in [1.82, 2.24) is 0 Å². The zero-order valence-electron chi connectivity index (χ0n) is 33.1. The first-order chi connectivity index (χ1) is 24.1. The van der Waals surface area contributed by atoms with E-state index in [1.807, 2.05) is 0 Å². The Labute approximate surface area is 310 Å². The van der Waals surface area contributed by atoms with Crippen LogP contribution in [0.3, 0.4) is 0 Å². The maximum absolute atomic E-state index is 14.0. The van der Waals surface area contributed by atoms with Gasteiger partial charge in [-0.15, -0.1) is 0 Å². The Hall–Kier alpha value is -4.82. The Bertz CT molecular complexity index is 2270. The number of hydrogen-bond donors (Lipinski definition) is 0. The molecular weight excluding hydrogens is 633 g/mol. The van der Waals surface area contributed by atoms with E-state index in [0.717, 1.165) is 66.4 Å². The standard InChI is InChI=1S/C50H52O2/c1-47(2,3)39-25-31(26-40(45(39)51)48(4,5)6)37-23-33-21-30(29-17-14-13-15-18-29)22-34-24-38(36-20-16-19-35(37)44(36)43(33)34)32-27-41(49(7,8)9)46(52)42(28-32)50(10,11)12/h13-28H,1-12H3. The molecule has 264 valence electrons. The van der Waals surface area contributed by atoms with Gasteiger partial charge in [-0.05, 0) is 136 Å². The lowest BCUT2D eigenvalue weighted by molar-refractivity contribution is 0.326. The van der Waals surface area contributed by atoms with Crippen molar-refractivity contribution < 1.29 is 10.2 Å². The summed E-state index contributed by atoms with van der Waals surface area (Å²) in [5.74, 6) is 0.279. The van der Waals surface area contributed by atoms with E-state index in [0.29, 0.717) is 0 Å². The molecule has 0 N–H and O–H groups in total. The summed E-state index contributed by atoms with van der Waals surface area (Å²) < 4.78 is 0. The normalized spacial score (nSPS) is 13.2. The molecule has 0 heterocycles. The third kappa shape index (κ3) is 6.01. The highest BCUT2D eigenvalue weighted by molar-refractivity contribution is 6.29. The minimum Gasteiger partial charge on any atom is -0.289 e. The Balaban J connectivity index is 1.66. The quantitative estimate of drug-likeness (QED) is 0.166. The number of rotatable bonds is 3. The van der Waals surface area contributed by atoms with Crippen LogP contribution in [0.15, 0.2) is 97.1 Å². The van der Waals surface area contributed by atoms with E-state index in [4.69, 9.17) is 0 Å². The molecule has 7 aromatic carbocycles. The molecule has 7 aromatic rings. The van der Waals surface area contributed by atoms with Gasteiger partial charge in [0.15, 0.2) is 11.5 Å². The van der Waals surface area contributed by atoms with E-state index in [1.165, 1.54) is 21.5 Å². The predicted molar refractivity (Wildman–Crippen MR) is 222 cm³/mol. The topological polar surface area (TPSA) is 39.8 Å². The first-order valence-electron chi connectivity index (χ1n) is 18.7. The Morgan fingerprint density at radius 1 is 0.346 bits per heavy atom. The van der Waals surface area contributed by atoms with Gasteiger partial charge in [0.05, 0.1) is 0 Å². The van der Waals surface area contributed by atoms with Crippen LogP contribution in [-0.4, -0.2) is 0 Å². The molecule has 0 aromatic heterocycles. The molecule has 0 unspecified atom stereocenters. The second kappa shape index (κ2) is 11.9. The average molecular weight is 685 g/mol. The molecule has 52 heavy (non-hydrogen) atoms. The minimum absolute atomic E-state index is 0.139. The molecule has 2 nitrogen and oxygen atoms in total. The van der Waals surface area contributed by atoms with Crippen molar-refractivity contribution in [3.8, 4) is 44.9 Å². The van der Waals surface area contributed by atoms with Crippen molar-refractivity contribution in [2.75, 3.05) is 0 Å². The van der Waals surface area contributed by atoms with Crippen molar-refractivity contribution in [2.24, 2.45) is 0 Å². The van der Waals surface area contributed by atoms with Gasteiger partial charge in [0.2, 0.25) is 0 Å². The van der Waals surface area contributed by atoms with Gasteiger partial charge in [-0.25, -0.2) is 0 Å². The highest BCUT2D eigenvalue weighted by Crippen LogP contribution is 2.50. The summed E-state index contributed by atoms with van der Waals surface area (Å²) in [4.78, 5) is 0. The summed E-state index contributed by atoms with van der Waals surface area (Å²) in [6.07, 6.45) is 0. The molecule has 0 saturated carbocycles. The fourth-order valence-corrected chi connectivity index (χ4v) is 8.01. The average Bonchev–Trinajstić information content (AvgIpc) is 3.05. The fourth-order valence-electron chi connectivity index (χ4n) is 8.01. The van der Waals surface area contributed by atoms with Gasteiger partial charge in [0.1, 0.15) is 0 Å². The van der Waals surface area contributed by atoms with Crippen molar-refractivity contribution in [2.45, 2.75) is 105 Å². The summed E-state index contributed by atoms with van der Waals surface area (Å²) in [5.41, 5.74) is 8.80. The fraction of sp³-hybridized carbons (Fsp3) is 0.320. The van der Waals surface area contributed by atoms with Crippen LogP contribution in [0.5, 0.6) is 11.5 Å². The molecule has 2 radical (unpaired) electrons. The lowest BCUT2D eigenvalue weighted by atomic mass is 9.76. The second-order valence-corrected chi connectivity index (χ2v) is 19.0. The Kier molecular flexibility index (Phi) is 8.11.